The predicted octanol–water partition coefficient (Wildman–Crippen LogP) is 9.32. The van der Waals surface area contributed by atoms with Gasteiger partial charge in [-0.2, -0.15) is 0 Å². The lowest BCUT2D eigenvalue weighted by Gasteiger charge is -2.16. The van der Waals surface area contributed by atoms with Crippen LogP contribution in [0.3, 0.4) is 0 Å². The first-order valence-corrected chi connectivity index (χ1v) is 14.1. The summed E-state index contributed by atoms with van der Waals surface area (Å²) in [5.74, 6) is -1.12. The molecule has 0 saturated carbocycles. The average Bonchev–Trinajstić information content (AvgIpc) is 2.77. The Morgan fingerprint density at radius 3 is 1.45 bits per heavy atom. The topological polar surface area (TPSA) is 74.6 Å². The van der Waals surface area contributed by atoms with Crippen molar-refractivity contribution in [1.82, 2.24) is 0 Å². The first-order chi connectivity index (χ1) is 16.0. The summed E-state index contributed by atoms with van der Waals surface area (Å²) < 4.78 is 0. The average molecular weight is 467 g/mol. The van der Waals surface area contributed by atoms with E-state index in [9.17, 15) is 14.7 Å². The summed E-state index contributed by atoms with van der Waals surface area (Å²) in [4.78, 5) is 21.6. The molecule has 194 valence electrons. The normalized spacial score (nSPS) is 12.7. The highest BCUT2D eigenvalue weighted by Gasteiger charge is 2.14. The standard InChI is InChI=1S/C29H54O4/c1-3-4-19-22-26(2)27(25-29(32)33)23-20-17-15-13-11-9-7-5-6-8-10-12-14-16-18-21-24-28(30)31/h22,27H,3-21,23-25H2,1-2H3,(H,30,31)(H,32,33). The number of carboxylic acids is 2. The molecule has 4 nitrogen and oxygen atoms in total. The van der Waals surface area contributed by atoms with Crippen LogP contribution in [0.2, 0.25) is 0 Å². The monoisotopic (exact) mass is 466 g/mol. The highest BCUT2D eigenvalue weighted by Crippen LogP contribution is 2.24. The number of hydrogen-bond donors (Lipinski definition) is 2. The molecule has 0 aliphatic carbocycles. The van der Waals surface area contributed by atoms with Crippen LogP contribution in [-0.4, -0.2) is 22.2 Å². The van der Waals surface area contributed by atoms with Gasteiger partial charge >= 0.3 is 11.9 Å². The van der Waals surface area contributed by atoms with Crippen LogP contribution in [0.5, 0.6) is 0 Å². The molecule has 0 aromatic rings. The van der Waals surface area contributed by atoms with E-state index in [1.165, 1.54) is 102 Å². The molecule has 0 aliphatic rings. The number of rotatable bonds is 25. The summed E-state index contributed by atoms with van der Waals surface area (Å²) in [7, 11) is 0. The Morgan fingerprint density at radius 2 is 1.06 bits per heavy atom. The van der Waals surface area contributed by atoms with Crippen molar-refractivity contribution in [3.8, 4) is 0 Å². The minimum atomic E-state index is -0.670. The molecule has 1 unspecified atom stereocenters. The summed E-state index contributed by atoms with van der Waals surface area (Å²) in [5.41, 5.74) is 1.28. The van der Waals surface area contributed by atoms with Gasteiger partial charge in [0.15, 0.2) is 0 Å². The summed E-state index contributed by atoms with van der Waals surface area (Å²) >= 11 is 0. The van der Waals surface area contributed by atoms with E-state index in [1.54, 1.807) is 0 Å². The van der Waals surface area contributed by atoms with Gasteiger partial charge in [0.2, 0.25) is 0 Å². The largest absolute Gasteiger partial charge is 0.481 e. The Balaban J connectivity index is 3.50. The predicted molar refractivity (Wildman–Crippen MR) is 140 cm³/mol. The van der Waals surface area contributed by atoms with E-state index >= 15 is 0 Å². The second-order valence-corrected chi connectivity index (χ2v) is 9.97. The van der Waals surface area contributed by atoms with Gasteiger partial charge in [0.05, 0.1) is 6.42 Å². The smallest absolute Gasteiger partial charge is 0.303 e. The molecule has 0 rings (SSSR count). The molecule has 0 radical (unpaired) electrons. The van der Waals surface area contributed by atoms with E-state index in [0.29, 0.717) is 6.42 Å². The maximum absolute atomic E-state index is 11.2. The quantitative estimate of drug-likeness (QED) is 0.104. The molecular weight excluding hydrogens is 412 g/mol. The molecule has 0 aliphatic heterocycles. The van der Waals surface area contributed by atoms with Crippen molar-refractivity contribution in [2.45, 2.75) is 155 Å². The van der Waals surface area contributed by atoms with E-state index in [4.69, 9.17) is 5.11 Å². The highest BCUT2D eigenvalue weighted by atomic mass is 16.4. The van der Waals surface area contributed by atoms with Gasteiger partial charge in [0.1, 0.15) is 0 Å². The third-order valence-electron chi connectivity index (χ3n) is 6.78. The SMILES string of the molecule is CCCCC=C(C)C(CCCCCCCCCCCCCCCCCCC(=O)O)CC(=O)O. The molecular formula is C29H54O4. The zero-order valence-corrected chi connectivity index (χ0v) is 21.9. The van der Waals surface area contributed by atoms with Crippen molar-refractivity contribution < 1.29 is 19.8 Å². The number of carboxylic acid groups (broad SMARTS) is 2. The third kappa shape index (κ3) is 23.6. The zero-order chi connectivity index (χ0) is 24.6. The fourth-order valence-electron chi connectivity index (χ4n) is 4.54. The third-order valence-corrected chi connectivity index (χ3v) is 6.78. The van der Waals surface area contributed by atoms with Crippen LogP contribution in [0.4, 0.5) is 0 Å². The molecule has 2 N–H and O–H groups in total. The number of hydrogen-bond acceptors (Lipinski definition) is 2. The van der Waals surface area contributed by atoms with Crippen molar-refractivity contribution in [2.24, 2.45) is 5.92 Å². The van der Waals surface area contributed by atoms with Gasteiger partial charge in [-0.15, -0.1) is 0 Å². The molecule has 0 bridgehead atoms. The maximum Gasteiger partial charge on any atom is 0.303 e. The number of allylic oxidation sites excluding steroid dienone is 2. The number of carbonyl (C=O) groups is 2. The van der Waals surface area contributed by atoms with Crippen LogP contribution in [-0.2, 0) is 9.59 Å². The minimum Gasteiger partial charge on any atom is -0.481 e. The molecule has 0 aromatic heterocycles. The van der Waals surface area contributed by atoms with Crippen LogP contribution >= 0.6 is 0 Å². The van der Waals surface area contributed by atoms with Gasteiger partial charge in [0, 0.05) is 6.42 Å². The van der Waals surface area contributed by atoms with E-state index in [0.717, 1.165) is 32.1 Å². The first-order valence-electron chi connectivity index (χ1n) is 14.1. The molecule has 1 atom stereocenters. The van der Waals surface area contributed by atoms with Gasteiger partial charge in [-0.25, -0.2) is 0 Å². The second kappa shape index (κ2) is 23.8. The Bertz CT molecular complexity index is 498. The maximum atomic E-state index is 11.2. The van der Waals surface area contributed by atoms with Crippen LogP contribution in [0, 0.1) is 5.92 Å². The van der Waals surface area contributed by atoms with E-state index in [-0.39, 0.29) is 12.3 Å². The van der Waals surface area contributed by atoms with E-state index < -0.39 is 11.9 Å². The summed E-state index contributed by atoms with van der Waals surface area (Å²) in [6.45, 7) is 4.31. The second-order valence-electron chi connectivity index (χ2n) is 9.97. The fraction of sp³-hybridized carbons (Fsp3) is 0.862. The summed E-state index contributed by atoms with van der Waals surface area (Å²) in [6, 6.07) is 0. The number of unbranched alkanes of at least 4 members (excludes halogenated alkanes) is 17. The lowest BCUT2D eigenvalue weighted by Crippen LogP contribution is -2.09. The van der Waals surface area contributed by atoms with Crippen molar-refractivity contribution in [2.75, 3.05) is 0 Å². The van der Waals surface area contributed by atoms with Crippen LogP contribution in [0.25, 0.3) is 0 Å². The summed E-state index contributed by atoms with van der Waals surface area (Å²) in [6.07, 6.45) is 27.4. The molecule has 0 fully saturated rings. The molecule has 0 aromatic carbocycles. The molecule has 0 heterocycles. The van der Waals surface area contributed by atoms with Crippen molar-refractivity contribution in [3.63, 3.8) is 0 Å². The lowest BCUT2D eigenvalue weighted by atomic mass is 9.90. The Labute approximate surface area is 204 Å². The minimum absolute atomic E-state index is 0.219. The molecule has 0 saturated heterocycles. The number of aliphatic carboxylic acids is 2. The Kier molecular flexibility index (Phi) is 22.9. The zero-order valence-electron chi connectivity index (χ0n) is 21.9. The Morgan fingerprint density at radius 1 is 0.636 bits per heavy atom. The fourth-order valence-corrected chi connectivity index (χ4v) is 4.54. The van der Waals surface area contributed by atoms with Crippen molar-refractivity contribution in [3.05, 3.63) is 11.6 Å². The van der Waals surface area contributed by atoms with Crippen LogP contribution in [0.1, 0.15) is 155 Å². The van der Waals surface area contributed by atoms with Crippen molar-refractivity contribution >= 4 is 11.9 Å². The van der Waals surface area contributed by atoms with Gasteiger partial charge in [-0.05, 0) is 32.1 Å². The van der Waals surface area contributed by atoms with Gasteiger partial charge in [-0.1, -0.05) is 128 Å². The Hall–Kier alpha value is -1.32. The van der Waals surface area contributed by atoms with E-state index in [2.05, 4.69) is 19.9 Å². The van der Waals surface area contributed by atoms with Gasteiger partial charge in [0.25, 0.3) is 0 Å². The lowest BCUT2D eigenvalue weighted by molar-refractivity contribution is -0.138. The molecule has 4 heteroatoms. The summed E-state index contributed by atoms with van der Waals surface area (Å²) in [5, 5.41) is 17.8. The van der Waals surface area contributed by atoms with E-state index in [1.807, 2.05) is 0 Å². The molecule has 33 heavy (non-hydrogen) atoms. The van der Waals surface area contributed by atoms with Crippen LogP contribution < -0.4 is 0 Å². The molecule has 0 amide bonds. The first kappa shape index (κ1) is 31.7. The van der Waals surface area contributed by atoms with Crippen molar-refractivity contribution in [1.29, 1.82) is 0 Å². The van der Waals surface area contributed by atoms with Gasteiger partial charge in [-0.3, -0.25) is 9.59 Å². The van der Waals surface area contributed by atoms with Crippen LogP contribution in [0.15, 0.2) is 11.6 Å². The highest BCUT2D eigenvalue weighted by molar-refractivity contribution is 5.67. The molecule has 0 spiro atoms. The van der Waals surface area contributed by atoms with Gasteiger partial charge < -0.3 is 10.2 Å².